The van der Waals surface area contributed by atoms with E-state index in [4.69, 9.17) is 44.2 Å². The summed E-state index contributed by atoms with van der Waals surface area (Å²) in [6, 6.07) is 68.4. The van der Waals surface area contributed by atoms with E-state index in [1.54, 1.807) is 12.1 Å². The van der Waals surface area contributed by atoms with Crippen molar-refractivity contribution in [1.82, 2.24) is 19.1 Å². The van der Waals surface area contributed by atoms with Crippen molar-refractivity contribution >= 4 is 36.9 Å². The summed E-state index contributed by atoms with van der Waals surface area (Å²) < 4.78 is 97.8. The Labute approximate surface area is 784 Å². The molecule has 0 aliphatic rings. The van der Waals surface area contributed by atoms with Crippen molar-refractivity contribution in [3.63, 3.8) is 0 Å². The molecule has 0 saturated heterocycles. The maximum atomic E-state index is 13.2. The number of nitrogens with zero attached hydrogens (tertiary/aromatic N) is 4. The van der Waals surface area contributed by atoms with Gasteiger partial charge in [-0.05, 0) is 102 Å². The van der Waals surface area contributed by atoms with E-state index in [1.807, 2.05) is 189 Å². The Hall–Kier alpha value is -7.13. The van der Waals surface area contributed by atoms with Gasteiger partial charge in [-0.15, -0.1) is 0 Å². The Balaban J connectivity index is 0.000000312. The number of rotatable bonds is 63. The van der Waals surface area contributed by atoms with Gasteiger partial charge in [0.15, 0.2) is 7.60 Å². The molecule has 7 aromatic carbocycles. The van der Waals surface area contributed by atoms with Crippen LogP contribution in [0.15, 0.2) is 245 Å². The van der Waals surface area contributed by atoms with E-state index in [-0.39, 0.29) is 85.6 Å². The summed E-state index contributed by atoms with van der Waals surface area (Å²) in [5.41, 5.74) is 14.6. The predicted octanol–water partition coefficient (Wildman–Crippen LogP) is 18.1. The first kappa shape index (κ1) is 110. The van der Waals surface area contributed by atoms with Gasteiger partial charge < -0.3 is 63.7 Å². The summed E-state index contributed by atoms with van der Waals surface area (Å²) in [6.45, 7) is 13.2. The van der Waals surface area contributed by atoms with Gasteiger partial charge in [0.2, 0.25) is 0 Å². The smallest absolute Gasteiger partial charge is 0.777 e. The van der Waals surface area contributed by atoms with Crippen molar-refractivity contribution in [2.24, 2.45) is 11.8 Å². The van der Waals surface area contributed by atoms with Gasteiger partial charge in [0.05, 0.1) is 56.6 Å². The summed E-state index contributed by atoms with van der Waals surface area (Å²) in [7, 11) is -12.7. The largest absolute Gasteiger partial charge is 1.00 e. The Morgan fingerprint density at radius 1 is 0.414 bits per heavy atom. The minimum atomic E-state index is -4.42. The van der Waals surface area contributed by atoms with Crippen LogP contribution in [0.2, 0.25) is 0 Å². The quantitative estimate of drug-likeness (QED) is 0.00904. The maximum absolute atomic E-state index is 13.2. The average molecular weight is 1830 g/mol. The van der Waals surface area contributed by atoms with Crippen LogP contribution in [-0.4, -0.2) is 115 Å². The molecule has 0 spiro atoms. The van der Waals surface area contributed by atoms with Crippen LogP contribution in [-0.2, 0) is 80.5 Å². The average Bonchev–Trinajstić information content (AvgIpc) is 0.760. The van der Waals surface area contributed by atoms with E-state index in [0.717, 1.165) is 76.5 Å². The van der Waals surface area contributed by atoms with E-state index in [1.165, 1.54) is 187 Å². The molecule has 0 bridgehead atoms. The van der Waals surface area contributed by atoms with Crippen molar-refractivity contribution in [3.05, 3.63) is 291 Å². The van der Waals surface area contributed by atoms with Crippen molar-refractivity contribution in [3.8, 4) is 0 Å². The van der Waals surface area contributed by atoms with E-state index in [9.17, 15) is 42.0 Å². The summed E-state index contributed by atoms with van der Waals surface area (Å²) in [4.78, 5) is 55.0. The zero-order valence-electron chi connectivity index (χ0n) is 76.8. The first-order chi connectivity index (χ1) is 61.4. The normalized spacial score (nSPS) is 13.2. The third kappa shape index (κ3) is 42.2. The molecule has 696 valence electrons. The second-order valence-electron chi connectivity index (χ2n) is 33.5. The molecule has 128 heavy (non-hydrogen) atoms. The minimum absolute atomic E-state index is 0. The molecular formula is C101H143N6NaO17P2S. The number of nitrogen functional groups attached to an aromatic ring is 2. The number of aliphatic hydroxyl groups excluding tert-OH is 1. The fourth-order valence-corrected chi connectivity index (χ4v) is 18.0. The monoisotopic (exact) mass is 1830 g/mol. The molecule has 0 aliphatic carbocycles. The first-order valence-corrected chi connectivity index (χ1v) is 50.9. The van der Waals surface area contributed by atoms with E-state index in [0.29, 0.717) is 39.3 Å². The number of hydrogen-bond acceptors (Lipinski definition) is 20. The van der Waals surface area contributed by atoms with Crippen molar-refractivity contribution in [2.75, 3.05) is 77.0 Å². The zero-order valence-corrected chi connectivity index (χ0v) is 81.4. The summed E-state index contributed by atoms with van der Waals surface area (Å²) in [5, 5.41) is 10.8. The summed E-state index contributed by atoms with van der Waals surface area (Å²) in [5.74, 6) is 1.91. The Morgan fingerprint density at radius 2 is 0.727 bits per heavy atom. The molecule has 2 unspecified atom stereocenters. The molecule has 9 rings (SSSR count). The molecular weight excluding hydrogens is 1690 g/mol. The Bertz CT molecular complexity index is 4550. The zero-order chi connectivity index (χ0) is 91.1. The summed E-state index contributed by atoms with van der Waals surface area (Å²) in [6.07, 6.45) is 34.5. The molecule has 6 N–H and O–H groups in total. The number of aromatic nitrogens is 4. The molecule has 9 aromatic rings. The number of ether oxygens (including phenoxy) is 5. The van der Waals surface area contributed by atoms with Crippen LogP contribution in [0, 0.1) is 18.8 Å². The topological polar surface area (TPSA) is 327 Å². The van der Waals surface area contributed by atoms with Crippen LogP contribution in [0.25, 0.3) is 0 Å². The van der Waals surface area contributed by atoms with Gasteiger partial charge in [-0.2, -0.15) is 18.4 Å². The van der Waals surface area contributed by atoms with E-state index < -0.39 is 72.8 Å². The van der Waals surface area contributed by atoms with Crippen LogP contribution in [0.4, 0.5) is 11.6 Å². The number of hydrogen-bond donors (Lipinski definition) is 4. The van der Waals surface area contributed by atoms with Gasteiger partial charge in [-0.25, -0.2) is 9.59 Å². The third-order valence-electron chi connectivity index (χ3n) is 21.9. The summed E-state index contributed by atoms with van der Waals surface area (Å²) >= 11 is 0. The van der Waals surface area contributed by atoms with Gasteiger partial charge >= 0.3 is 48.5 Å². The van der Waals surface area contributed by atoms with Crippen LogP contribution in [0.1, 0.15) is 246 Å². The second kappa shape index (κ2) is 62.3. The molecule has 0 aliphatic heterocycles. The fraction of sp³-hybridized carbons (Fsp3) is 0.505. The van der Waals surface area contributed by atoms with Crippen molar-refractivity contribution in [2.45, 2.75) is 256 Å². The van der Waals surface area contributed by atoms with Crippen LogP contribution < -0.4 is 57.3 Å². The molecule has 2 aromatic heterocycles. The number of anilines is 2. The number of aliphatic hydroxyl groups is 1. The maximum Gasteiger partial charge on any atom is 1.00 e. The molecule has 0 radical (unpaired) electrons. The molecule has 0 amide bonds. The van der Waals surface area contributed by atoms with Crippen molar-refractivity contribution < 1.29 is 98.9 Å². The van der Waals surface area contributed by atoms with E-state index in [2.05, 4.69) is 41.8 Å². The standard InChI is InChI=1S/C47H68N3O7P.C28H51O7PS.C26H25N3O3.Na/c1-40(2)25-16-11-9-7-5-3-4-6-8-10-12-23-34-54-35-24-36-57-58(52,53)39-55-44(37-50-33-32-45(48)49-46(50)51)38-56-47(41-26-17-13-18-27-41,42-28-19-14-20-29-42)43-30-21-15-22-31-43;1-26(2)17-14-12-10-8-6-4-5-7-9-11-13-15-22-33-23-16-24-34-36(29,30)25-35-37(31,32)28-20-18-27(3)19-21-28;27-24-16-17-29(25(31)28-24)18-23(30)19-32-26(20-10-4-1-5-11-20,21-12-6-2-7-13-21)22-14-8-3-9-15-22;/h13-15,17-22,26-33,40,44H,3-12,16,23-25,34-39H2,1-2H3,(H,52,53)(H2,48,49,51);18-21,26H,4-17,22-25H2,1-3H3,(H,29,30);1-17,23,30H,18-19H2,(H2,27,28,31);/q;;;+1/p-1/t44-;;23-;/m0.0./s1. The Morgan fingerprint density at radius 3 is 1.07 bits per heavy atom. The molecule has 27 heteroatoms. The van der Waals surface area contributed by atoms with E-state index >= 15 is 0 Å². The molecule has 0 saturated carbocycles. The number of aryl methyl sites for hydroxylation is 1. The van der Waals surface area contributed by atoms with Gasteiger partial charge in [0.1, 0.15) is 35.5 Å². The number of unbranched alkanes of at least 4 members (excludes halogenated alkanes) is 22. The second-order valence-corrected chi connectivity index (χ2v) is 38.7. The SMILES string of the molecule is CC(C)CCCCCCCCCCCCCCOCCCOP(=O)(O)CO[C@H](COC(c1ccccc1)(c1ccccc1)c1ccccc1)Cn1ccc(N)nc1=O.Cc1ccc(S(=O)(=O)OCP(=O)([O-])OCCCOCCCCCCCCCCCCCCC(C)C)cc1.Nc1ccn(C[C@H](O)COC(c2ccccc2)(c2ccccc2)c2ccccc2)c(=O)n1.[Na+]. The molecule has 23 nitrogen and oxygen atoms in total. The predicted molar refractivity (Wildman–Crippen MR) is 506 cm³/mol. The fourth-order valence-electron chi connectivity index (χ4n) is 15.0. The third-order valence-corrected chi connectivity index (χ3v) is 25.4. The van der Waals surface area contributed by atoms with Gasteiger partial charge in [0.25, 0.3) is 10.1 Å². The van der Waals surface area contributed by atoms with Crippen LogP contribution in [0.3, 0.4) is 0 Å². The van der Waals surface area contributed by atoms with Gasteiger partial charge in [0, 0.05) is 38.8 Å². The van der Waals surface area contributed by atoms with Crippen LogP contribution >= 0.6 is 15.2 Å². The molecule has 4 atom stereocenters. The minimum Gasteiger partial charge on any atom is -0.777 e. The Kier molecular flexibility index (Phi) is 53.4. The molecule has 0 fully saturated rings. The van der Waals surface area contributed by atoms with Crippen molar-refractivity contribution in [1.29, 1.82) is 0 Å². The number of nitrogens with two attached hydrogens (primary N) is 2. The van der Waals surface area contributed by atoms with Gasteiger partial charge in [-0.1, -0.05) is 381 Å². The number of benzene rings is 7. The first-order valence-electron chi connectivity index (χ1n) is 46.0. The molecule has 2 heterocycles. The van der Waals surface area contributed by atoms with Gasteiger partial charge in [-0.3, -0.25) is 17.9 Å². The van der Waals surface area contributed by atoms with Crippen LogP contribution in [0.5, 0.6) is 0 Å².